The number of hydrogen-bond acceptors (Lipinski definition) is 4. The molecule has 0 spiro atoms. The van der Waals surface area contributed by atoms with E-state index in [0.717, 1.165) is 19.7 Å². The molecule has 0 aliphatic carbocycles. The third-order valence-electron chi connectivity index (χ3n) is 3.98. The Kier molecular flexibility index (Phi) is 3.92. The van der Waals surface area contributed by atoms with Gasteiger partial charge in [-0.1, -0.05) is 11.6 Å². The highest BCUT2D eigenvalue weighted by Gasteiger charge is 2.33. The van der Waals surface area contributed by atoms with Crippen molar-refractivity contribution in [1.29, 1.82) is 0 Å². The number of pyridine rings is 1. The lowest BCUT2D eigenvalue weighted by Gasteiger charge is -2.29. The Balaban J connectivity index is 1.79. The van der Waals surface area contributed by atoms with Crippen molar-refractivity contribution in [3.05, 3.63) is 29.0 Å². The zero-order chi connectivity index (χ0) is 14.1. The topological polar surface area (TPSA) is 45.7 Å². The van der Waals surface area contributed by atoms with E-state index in [4.69, 9.17) is 16.3 Å². The van der Waals surface area contributed by atoms with E-state index in [1.165, 1.54) is 6.20 Å². The molecular formula is C14H18ClN3O2. The van der Waals surface area contributed by atoms with Crippen molar-refractivity contribution in [2.75, 3.05) is 39.9 Å². The first-order valence-electron chi connectivity index (χ1n) is 6.82. The van der Waals surface area contributed by atoms with Crippen LogP contribution in [0.25, 0.3) is 0 Å². The molecule has 6 heteroatoms. The van der Waals surface area contributed by atoms with Crippen LogP contribution >= 0.6 is 11.6 Å². The van der Waals surface area contributed by atoms with Crippen LogP contribution in [0.15, 0.2) is 18.3 Å². The summed E-state index contributed by atoms with van der Waals surface area (Å²) >= 11 is 5.81. The van der Waals surface area contributed by atoms with Crippen molar-refractivity contribution in [3.63, 3.8) is 0 Å². The van der Waals surface area contributed by atoms with E-state index in [1.807, 2.05) is 4.90 Å². The normalized spacial score (nSPS) is 27.2. The fourth-order valence-electron chi connectivity index (χ4n) is 2.88. The molecule has 5 nitrogen and oxygen atoms in total. The maximum atomic E-state index is 12.6. The Labute approximate surface area is 123 Å². The van der Waals surface area contributed by atoms with E-state index in [-0.39, 0.29) is 11.9 Å². The van der Waals surface area contributed by atoms with Gasteiger partial charge in [-0.2, -0.15) is 0 Å². The summed E-state index contributed by atoms with van der Waals surface area (Å²) in [6.07, 6.45) is 1.52. The lowest BCUT2D eigenvalue weighted by Crippen LogP contribution is -2.44. The van der Waals surface area contributed by atoms with Gasteiger partial charge in [0.1, 0.15) is 5.69 Å². The summed E-state index contributed by atoms with van der Waals surface area (Å²) in [5, 5.41) is 0.544. The third-order valence-corrected chi connectivity index (χ3v) is 4.20. The average Bonchev–Trinajstić information content (AvgIpc) is 2.67. The highest BCUT2D eigenvalue weighted by molar-refractivity contribution is 6.30. The highest BCUT2D eigenvalue weighted by Crippen LogP contribution is 2.19. The van der Waals surface area contributed by atoms with Crippen molar-refractivity contribution >= 4 is 17.5 Å². The fraction of sp³-hybridized carbons (Fsp3) is 0.571. The molecule has 0 N–H and O–H groups in total. The van der Waals surface area contributed by atoms with Crippen LogP contribution in [0.1, 0.15) is 10.5 Å². The summed E-state index contributed by atoms with van der Waals surface area (Å²) in [7, 11) is 2.10. The van der Waals surface area contributed by atoms with Crippen LogP contribution in [0.2, 0.25) is 5.02 Å². The van der Waals surface area contributed by atoms with Crippen LogP contribution in [0.3, 0.4) is 0 Å². The first-order valence-corrected chi connectivity index (χ1v) is 7.20. The lowest BCUT2D eigenvalue weighted by atomic mass is 10.1. The standard InChI is InChI=1S/C14H18ClN3O2/c1-17-5-10-6-18(7-12(17)9-20-8-10)14(19)13-3-2-11(15)4-16-13/h2-4,10,12H,5-9H2,1H3/t10-,12+/m1/s1. The van der Waals surface area contributed by atoms with Gasteiger partial charge < -0.3 is 9.64 Å². The molecule has 2 saturated heterocycles. The van der Waals surface area contributed by atoms with E-state index < -0.39 is 0 Å². The van der Waals surface area contributed by atoms with Gasteiger partial charge in [-0.25, -0.2) is 4.98 Å². The van der Waals surface area contributed by atoms with Gasteiger partial charge in [-0.15, -0.1) is 0 Å². The van der Waals surface area contributed by atoms with Gasteiger partial charge in [0.25, 0.3) is 5.91 Å². The maximum absolute atomic E-state index is 12.6. The van der Waals surface area contributed by atoms with Gasteiger partial charge in [-0.05, 0) is 19.2 Å². The molecule has 0 radical (unpaired) electrons. The van der Waals surface area contributed by atoms with Gasteiger partial charge in [0.15, 0.2) is 0 Å². The zero-order valence-corrected chi connectivity index (χ0v) is 12.2. The molecule has 2 aliphatic heterocycles. The van der Waals surface area contributed by atoms with E-state index >= 15 is 0 Å². The van der Waals surface area contributed by atoms with Crippen LogP contribution in [0.5, 0.6) is 0 Å². The van der Waals surface area contributed by atoms with Crippen LogP contribution in [0, 0.1) is 5.92 Å². The number of halogens is 1. The minimum atomic E-state index is -0.0196. The second kappa shape index (κ2) is 5.68. The van der Waals surface area contributed by atoms with Crippen molar-refractivity contribution in [2.45, 2.75) is 6.04 Å². The van der Waals surface area contributed by atoms with Gasteiger partial charge >= 0.3 is 0 Å². The van der Waals surface area contributed by atoms with E-state index in [1.54, 1.807) is 12.1 Å². The van der Waals surface area contributed by atoms with Crippen molar-refractivity contribution in [2.24, 2.45) is 5.92 Å². The molecule has 0 unspecified atom stereocenters. The molecule has 2 fully saturated rings. The Morgan fingerprint density at radius 2 is 2.20 bits per heavy atom. The van der Waals surface area contributed by atoms with Crippen molar-refractivity contribution in [3.8, 4) is 0 Å². The molecule has 2 bridgehead atoms. The largest absolute Gasteiger partial charge is 0.379 e. The summed E-state index contributed by atoms with van der Waals surface area (Å²) in [6.45, 7) is 3.80. The summed E-state index contributed by atoms with van der Waals surface area (Å²) in [6, 6.07) is 3.65. The Morgan fingerprint density at radius 3 is 2.95 bits per heavy atom. The van der Waals surface area contributed by atoms with E-state index in [2.05, 4.69) is 16.9 Å². The molecule has 1 aromatic rings. The van der Waals surface area contributed by atoms with Crippen LogP contribution in [-0.4, -0.2) is 66.6 Å². The predicted octanol–water partition coefficient (Wildman–Crippen LogP) is 1.14. The summed E-state index contributed by atoms with van der Waals surface area (Å²) in [5.41, 5.74) is 0.456. The smallest absolute Gasteiger partial charge is 0.272 e. The molecule has 3 heterocycles. The number of hydrogen-bond donors (Lipinski definition) is 0. The van der Waals surface area contributed by atoms with Crippen molar-refractivity contribution < 1.29 is 9.53 Å². The summed E-state index contributed by atoms with van der Waals surface area (Å²) in [4.78, 5) is 20.9. The number of likely N-dealkylation sites (N-methyl/N-ethyl adjacent to an activating group) is 1. The Morgan fingerprint density at radius 1 is 1.35 bits per heavy atom. The predicted molar refractivity (Wildman–Crippen MR) is 75.9 cm³/mol. The second-order valence-corrected chi connectivity index (χ2v) is 6.01. The number of rotatable bonds is 1. The Bertz CT molecular complexity index is 494. The SMILES string of the molecule is CN1C[C@H]2COC[C@@H]1CN(C(=O)c1ccc(Cl)cn1)C2. The van der Waals surface area contributed by atoms with Crippen LogP contribution < -0.4 is 0 Å². The van der Waals surface area contributed by atoms with Gasteiger partial charge in [0.05, 0.1) is 24.3 Å². The molecule has 0 saturated carbocycles. The number of amides is 1. The molecule has 1 amide bonds. The number of nitrogens with zero attached hydrogens (tertiary/aromatic N) is 3. The molecule has 20 heavy (non-hydrogen) atoms. The number of ether oxygens (including phenoxy) is 1. The zero-order valence-electron chi connectivity index (χ0n) is 11.5. The maximum Gasteiger partial charge on any atom is 0.272 e. The molecule has 108 valence electrons. The molecule has 0 aromatic carbocycles. The minimum absolute atomic E-state index is 0.0196. The molecule has 2 aliphatic rings. The van der Waals surface area contributed by atoms with Crippen LogP contribution in [0.4, 0.5) is 0 Å². The fourth-order valence-corrected chi connectivity index (χ4v) is 2.99. The first kappa shape index (κ1) is 13.8. The second-order valence-electron chi connectivity index (χ2n) is 5.57. The molecule has 3 rings (SSSR count). The minimum Gasteiger partial charge on any atom is -0.379 e. The van der Waals surface area contributed by atoms with Crippen molar-refractivity contribution in [1.82, 2.24) is 14.8 Å². The Hall–Kier alpha value is -1.17. The number of fused-ring (bicyclic) bond motifs is 3. The van der Waals surface area contributed by atoms with E-state index in [0.29, 0.717) is 29.8 Å². The average molecular weight is 296 g/mol. The highest BCUT2D eigenvalue weighted by atomic mass is 35.5. The third kappa shape index (κ3) is 2.80. The summed E-state index contributed by atoms with van der Waals surface area (Å²) < 4.78 is 5.67. The van der Waals surface area contributed by atoms with Gasteiger partial charge in [0.2, 0.25) is 0 Å². The van der Waals surface area contributed by atoms with Gasteiger partial charge in [0, 0.05) is 31.7 Å². The summed E-state index contributed by atoms with van der Waals surface area (Å²) in [5.74, 6) is 0.345. The number of carbonyl (C=O) groups excluding carboxylic acids is 1. The lowest BCUT2D eigenvalue weighted by molar-refractivity contribution is 0.0430. The monoisotopic (exact) mass is 295 g/mol. The van der Waals surface area contributed by atoms with Gasteiger partial charge in [-0.3, -0.25) is 9.69 Å². The van der Waals surface area contributed by atoms with Crippen LogP contribution in [-0.2, 0) is 4.74 Å². The molecular weight excluding hydrogens is 278 g/mol. The first-order chi connectivity index (χ1) is 9.63. The molecule has 1 aromatic heterocycles. The number of aromatic nitrogens is 1. The number of carbonyl (C=O) groups is 1. The molecule has 2 atom stereocenters. The quantitative estimate of drug-likeness (QED) is 0.779. The van der Waals surface area contributed by atoms with E-state index in [9.17, 15) is 4.79 Å².